The second kappa shape index (κ2) is 7.49. The maximum Gasteiger partial charge on any atom is 0.341 e. The number of carbonyl (C=O) groups is 1. The van der Waals surface area contributed by atoms with Crippen molar-refractivity contribution in [2.45, 2.75) is 50.4 Å². The third kappa shape index (κ3) is 3.10. The number of benzene rings is 1. The van der Waals surface area contributed by atoms with Gasteiger partial charge in [0, 0.05) is 25.4 Å². The van der Waals surface area contributed by atoms with E-state index in [2.05, 4.69) is 5.32 Å². The van der Waals surface area contributed by atoms with Gasteiger partial charge in [-0.15, -0.1) is 0 Å². The first-order chi connectivity index (χ1) is 15.0. The first kappa shape index (κ1) is 20.3. The van der Waals surface area contributed by atoms with Crippen LogP contribution in [0.2, 0.25) is 0 Å². The van der Waals surface area contributed by atoms with Crippen LogP contribution in [0.4, 0.5) is 10.1 Å². The minimum Gasteiger partial charge on any atom is -0.489 e. The lowest BCUT2D eigenvalue weighted by molar-refractivity contribution is 0.0694. The number of hydrogen-bond acceptors (Lipinski definition) is 6. The van der Waals surface area contributed by atoms with Gasteiger partial charge in [-0.3, -0.25) is 4.79 Å². The highest BCUT2D eigenvalue weighted by molar-refractivity contribution is 5.97. The molecule has 0 spiro atoms. The third-order valence-electron chi connectivity index (χ3n) is 6.61. The smallest absolute Gasteiger partial charge is 0.341 e. The number of hydrogen-bond donors (Lipinski definition) is 2. The first-order valence-electron chi connectivity index (χ1n) is 10.8. The number of pyridine rings is 1. The Hall–Kier alpha value is -2.65. The Morgan fingerprint density at radius 2 is 2.16 bits per heavy atom. The molecule has 2 N–H and O–H groups in total. The van der Waals surface area contributed by atoms with Crippen LogP contribution in [0.1, 0.15) is 42.6 Å². The molecule has 2 aliphatic heterocycles. The molecular weight excluding hydrogens is 405 g/mol. The molecule has 8 nitrogen and oxygen atoms in total. The molecule has 1 aromatic heterocycles. The van der Waals surface area contributed by atoms with E-state index in [1.54, 1.807) is 4.57 Å². The molecule has 3 heterocycles. The summed E-state index contributed by atoms with van der Waals surface area (Å²) in [6.45, 7) is 3.26. The van der Waals surface area contributed by atoms with E-state index in [0.717, 1.165) is 19.3 Å². The fraction of sp³-hybridized carbons (Fsp3) is 0.545. The summed E-state index contributed by atoms with van der Waals surface area (Å²) < 4.78 is 29.3. The van der Waals surface area contributed by atoms with Crippen molar-refractivity contribution in [3.63, 3.8) is 0 Å². The molecule has 0 radical (unpaired) electrons. The summed E-state index contributed by atoms with van der Waals surface area (Å²) in [6, 6.07) is 1.31. The molecule has 31 heavy (non-hydrogen) atoms. The topological polar surface area (TPSA) is 93.0 Å². The summed E-state index contributed by atoms with van der Waals surface area (Å²) in [5.74, 6) is -1.59. The number of aromatic nitrogens is 1. The normalized spacial score (nSPS) is 25.3. The Morgan fingerprint density at radius 1 is 1.39 bits per heavy atom. The Labute approximate surface area is 178 Å². The van der Waals surface area contributed by atoms with E-state index in [4.69, 9.17) is 9.47 Å². The van der Waals surface area contributed by atoms with Gasteiger partial charge in [-0.1, -0.05) is 0 Å². The van der Waals surface area contributed by atoms with Gasteiger partial charge in [-0.2, -0.15) is 0 Å². The molecule has 3 atom stereocenters. The van der Waals surface area contributed by atoms with Crippen molar-refractivity contribution in [2.75, 3.05) is 31.7 Å². The molecule has 1 aliphatic carbocycles. The quantitative estimate of drug-likeness (QED) is 0.724. The van der Waals surface area contributed by atoms with Crippen LogP contribution in [0.5, 0.6) is 5.75 Å². The molecule has 1 aromatic carbocycles. The Balaban J connectivity index is 1.78. The minimum atomic E-state index is -1.31. The van der Waals surface area contributed by atoms with Gasteiger partial charge in [-0.05, 0) is 39.3 Å². The lowest BCUT2D eigenvalue weighted by Gasteiger charge is -2.29. The summed E-state index contributed by atoms with van der Waals surface area (Å²) in [5.41, 5.74) is -0.249. The van der Waals surface area contributed by atoms with Gasteiger partial charge in [0.25, 0.3) is 0 Å². The molecule has 9 heteroatoms. The predicted molar refractivity (Wildman–Crippen MR) is 113 cm³/mol. The number of aromatic carboxylic acids is 1. The first-order valence-corrected chi connectivity index (χ1v) is 10.8. The van der Waals surface area contributed by atoms with Crippen LogP contribution in [0.15, 0.2) is 17.1 Å². The average Bonchev–Trinajstić information content (AvgIpc) is 3.36. The highest BCUT2D eigenvalue weighted by Gasteiger charge is 2.47. The molecule has 166 valence electrons. The summed E-state index contributed by atoms with van der Waals surface area (Å²) in [6.07, 6.45) is 3.86. The molecular formula is C22H26FN3O5. The number of nitrogens with zero attached hydrogens (tertiary/aromatic N) is 2. The van der Waals surface area contributed by atoms with Crippen molar-refractivity contribution < 1.29 is 23.8 Å². The second-order valence-electron chi connectivity index (χ2n) is 8.42. The van der Waals surface area contributed by atoms with Crippen LogP contribution in [0.3, 0.4) is 0 Å². The predicted octanol–water partition coefficient (Wildman–Crippen LogP) is 2.14. The molecule has 5 rings (SSSR count). The molecule has 3 unspecified atom stereocenters. The lowest BCUT2D eigenvalue weighted by atomic mass is 10.1. The number of carboxylic acids is 1. The molecule has 0 bridgehead atoms. The number of likely N-dealkylation sites (N-methyl/N-ethyl adjacent to an activating group) is 1. The zero-order valence-electron chi connectivity index (χ0n) is 17.6. The van der Waals surface area contributed by atoms with E-state index in [9.17, 15) is 14.7 Å². The number of halogens is 1. The maximum atomic E-state index is 15.6. The zero-order valence-corrected chi connectivity index (χ0v) is 17.6. The highest BCUT2D eigenvalue weighted by Crippen LogP contribution is 2.46. The largest absolute Gasteiger partial charge is 0.489 e. The van der Waals surface area contributed by atoms with Crippen molar-refractivity contribution in [2.24, 2.45) is 0 Å². The third-order valence-corrected chi connectivity index (χ3v) is 6.61. The number of nitrogens with one attached hydrogen (secondary N) is 1. The molecule has 3 fully saturated rings. The Kier molecular flexibility index (Phi) is 4.90. The van der Waals surface area contributed by atoms with Crippen LogP contribution in [-0.4, -0.2) is 60.6 Å². The number of fused-ring (bicyclic) bond motifs is 2. The van der Waals surface area contributed by atoms with E-state index < -0.39 is 17.2 Å². The van der Waals surface area contributed by atoms with E-state index in [-0.39, 0.29) is 35.2 Å². The van der Waals surface area contributed by atoms with Crippen LogP contribution in [-0.2, 0) is 4.74 Å². The van der Waals surface area contributed by atoms with Gasteiger partial charge in [0.2, 0.25) is 5.43 Å². The Bertz CT molecular complexity index is 1110. The standard InChI is InChI=1S/C22H26FN3O5/c1-3-30-21-17-12(19(27)13(22(28)29)9-25(17)11-4-5-11)8-14(23)18(21)26-10-15(24-2)20-16(26)6-7-31-20/h8-9,11,15-16,20,24H,3-7,10H2,1-2H3,(H,28,29). The van der Waals surface area contributed by atoms with Gasteiger partial charge in [0.05, 0.1) is 35.7 Å². The minimum absolute atomic E-state index is 0.00277. The highest BCUT2D eigenvalue weighted by atomic mass is 19.1. The van der Waals surface area contributed by atoms with Crippen LogP contribution in [0, 0.1) is 5.82 Å². The number of carboxylic acid groups (broad SMARTS) is 1. The lowest BCUT2D eigenvalue weighted by Crippen LogP contribution is -2.37. The SMILES string of the molecule is CCOc1c(N2CC(NC)C3OCCC32)c(F)cc2c(=O)c(C(=O)O)cn(C3CC3)c12. The van der Waals surface area contributed by atoms with Crippen LogP contribution in [0.25, 0.3) is 10.9 Å². The molecule has 3 aliphatic rings. The van der Waals surface area contributed by atoms with Gasteiger partial charge in [0.15, 0.2) is 11.6 Å². The Morgan fingerprint density at radius 3 is 2.81 bits per heavy atom. The second-order valence-corrected chi connectivity index (χ2v) is 8.42. The van der Waals surface area contributed by atoms with Crippen molar-refractivity contribution in [3.8, 4) is 5.75 Å². The number of rotatable bonds is 6. The average molecular weight is 431 g/mol. The summed E-state index contributed by atoms with van der Waals surface area (Å²) in [7, 11) is 1.87. The maximum absolute atomic E-state index is 15.6. The molecule has 2 saturated heterocycles. The number of ether oxygens (including phenoxy) is 2. The summed E-state index contributed by atoms with van der Waals surface area (Å²) in [4.78, 5) is 26.6. The van der Waals surface area contributed by atoms with Crippen LogP contribution < -0.4 is 20.4 Å². The zero-order chi connectivity index (χ0) is 21.9. The van der Waals surface area contributed by atoms with Crippen molar-refractivity contribution in [1.29, 1.82) is 0 Å². The van der Waals surface area contributed by atoms with E-state index in [1.165, 1.54) is 12.3 Å². The van der Waals surface area contributed by atoms with Gasteiger partial charge in [-0.25, -0.2) is 9.18 Å². The van der Waals surface area contributed by atoms with Crippen molar-refractivity contribution in [3.05, 3.63) is 33.9 Å². The van der Waals surface area contributed by atoms with Gasteiger partial charge < -0.3 is 29.4 Å². The summed E-state index contributed by atoms with van der Waals surface area (Å²) >= 11 is 0. The van der Waals surface area contributed by atoms with Gasteiger partial charge >= 0.3 is 5.97 Å². The molecule has 0 amide bonds. The number of anilines is 1. The fourth-order valence-corrected chi connectivity index (χ4v) is 5.07. The van der Waals surface area contributed by atoms with Crippen molar-refractivity contribution >= 4 is 22.6 Å². The van der Waals surface area contributed by atoms with Gasteiger partial charge in [0.1, 0.15) is 11.3 Å². The fourth-order valence-electron chi connectivity index (χ4n) is 5.07. The van der Waals surface area contributed by atoms with Crippen LogP contribution >= 0.6 is 0 Å². The monoisotopic (exact) mass is 431 g/mol. The van der Waals surface area contributed by atoms with E-state index in [1.807, 2.05) is 18.9 Å². The van der Waals surface area contributed by atoms with Crippen molar-refractivity contribution in [1.82, 2.24) is 9.88 Å². The van der Waals surface area contributed by atoms with E-state index in [0.29, 0.717) is 36.7 Å². The summed E-state index contributed by atoms with van der Waals surface area (Å²) in [5, 5.41) is 12.8. The molecule has 1 saturated carbocycles. The van der Waals surface area contributed by atoms with E-state index >= 15 is 4.39 Å². The molecule has 2 aromatic rings.